The third-order valence-electron chi connectivity index (χ3n) is 4.43. The predicted octanol–water partition coefficient (Wildman–Crippen LogP) is 3.08. The van der Waals surface area contributed by atoms with Gasteiger partial charge in [0, 0.05) is 24.8 Å². The lowest BCUT2D eigenvalue weighted by atomic mass is 9.93. The highest BCUT2D eigenvalue weighted by Crippen LogP contribution is 2.37. The van der Waals surface area contributed by atoms with E-state index in [4.69, 9.17) is 5.26 Å². The first-order valence-electron chi connectivity index (χ1n) is 7.07. The molecular weight excluding hydrogens is 279 g/mol. The minimum absolute atomic E-state index is 0.0311. The molecule has 1 N–H and O–H groups in total. The van der Waals surface area contributed by atoms with E-state index in [-0.39, 0.29) is 17.3 Å². The van der Waals surface area contributed by atoms with Crippen molar-refractivity contribution in [3.8, 4) is 6.07 Å². The molecule has 0 aliphatic carbocycles. The van der Waals surface area contributed by atoms with Gasteiger partial charge in [0.2, 0.25) is 0 Å². The fourth-order valence-corrected chi connectivity index (χ4v) is 3.32. The summed E-state index contributed by atoms with van der Waals surface area (Å²) in [4.78, 5) is 2.35. The van der Waals surface area contributed by atoms with Crippen molar-refractivity contribution in [1.29, 1.82) is 5.26 Å². The van der Waals surface area contributed by atoms with Gasteiger partial charge in [-0.1, -0.05) is 0 Å². The SMILES string of the molecule is N#Cc1ccc(NC2CCN3CCC2C3)c(C(F)(F)F)c1. The first-order valence-corrected chi connectivity index (χ1v) is 7.07. The first-order chi connectivity index (χ1) is 9.97. The minimum Gasteiger partial charge on any atom is -0.381 e. The van der Waals surface area contributed by atoms with Crippen molar-refractivity contribution in [2.45, 2.75) is 25.1 Å². The molecule has 0 amide bonds. The first kappa shape index (κ1) is 14.2. The maximum atomic E-state index is 13.1. The number of alkyl halides is 3. The monoisotopic (exact) mass is 295 g/mol. The van der Waals surface area contributed by atoms with Crippen molar-refractivity contribution < 1.29 is 13.2 Å². The van der Waals surface area contributed by atoms with Crippen molar-refractivity contribution in [2.24, 2.45) is 5.92 Å². The van der Waals surface area contributed by atoms with Gasteiger partial charge in [-0.3, -0.25) is 0 Å². The number of anilines is 1. The topological polar surface area (TPSA) is 39.1 Å². The molecule has 2 saturated heterocycles. The summed E-state index contributed by atoms with van der Waals surface area (Å²) in [6.45, 7) is 2.95. The van der Waals surface area contributed by atoms with Gasteiger partial charge in [-0.05, 0) is 43.5 Å². The highest BCUT2D eigenvalue weighted by Gasteiger charge is 2.37. The third kappa shape index (κ3) is 2.84. The number of hydrogen-bond acceptors (Lipinski definition) is 3. The van der Waals surface area contributed by atoms with E-state index in [0.29, 0.717) is 5.92 Å². The van der Waals surface area contributed by atoms with Crippen LogP contribution in [-0.4, -0.2) is 30.6 Å². The van der Waals surface area contributed by atoms with Crippen molar-refractivity contribution in [3.05, 3.63) is 29.3 Å². The Hall–Kier alpha value is -1.74. The van der Waals surface area contributed by atoms with Crippen molar-refractivity contribution in [3.63, 3.8) is 0 Å². The van der Waals surface area contributed by atoms with Crippen molar-refractivity contribution in [2.75, 3.05) is 25.0 Å². The molecule has 1 aromatic carbocycles. The molecule has 2 heterocycles. The van der Waals surface area contributed by atoms with Crippen LogP contribution in [0.25, 0.3) is 0 Å². The van der Waals surface area contributed by atoms with Crippen LogP contribution in [0, 0.1) is 17.2 Å². The Kier molecular flexibility index (Phi) is 3.54. The molecule has 1 aromatic rings. The normalized spacial score (nSPS) is 28.2. The van der Waals surface area contributed by atoms with Crippen LogP contribution in [0.3, 0.4) is 0 Å². The number of nitrogens with one attached hydrogen (secondary N) is 1. The lowest BCUT2D eigenvalue weighted by Crippen LogP contribution is -2.39. The zero-order valence-electron chi connectivity index (χ0n) is 11.5. The van der Waals surface area contributed by atoms with Crippen LogP contribution in [0.5, 0.6) is 0 Å². The molecule has 21 heavy (non-hydrogen) atoms. The van der Waals surface area contributed by atoms with Crippen molar-refractivity contribution in [1.82, 2.24) is 4.90 Å². The number of benzene rings is 1. The maximum absolute atomic E-state index is 13.1. The molecule has 112 valence electrons. The average molecular weight is 295 g/mol. The minimum atomic E-state index is -4.45. The zero-order chi connectivity index (χ0) is 15.0. The van der Waals surface area contributed by atoms with Crippen LogP contribution in [0.15, 0.2) is 18.2 Å². The van der Waals surface area contributed by atoms with E-state index < -0.39 is 11.7 Å². The second-order valence-corrected chi connectivity index (χ2v) is 5.76. The van der Waals surface area contributed by atoms with Crippen LogP contribution >= 0.6 is 0 Å². The zero-order valence-corrected chi connectivity index (χ0v) is 11.5. The highest BCUT2D eigenvalue weighted by molar-refractivity contribution is 5.56. The number of rotatable bonds is 2. The van der Waals surface area contributed by atoms with Crippen LogP contribution in [-0.2, 0) is 6.18 Å². The second kappa shape index (κ2) is 5.23. The van der Waals surface area contributed by atoms with E-state index in [1.165, 1.54) is 12.1 Å². The Labute approximate surface area is 121 Å². The lowest BCUT2D eigenvalue weighted by molar-refractivity contribution is -0.137. The van der Waals surface area contributed by atoms with Crippen molar-refractivity contribution >= 4 is 5.69 Å². The molecule has 3 unspecified atom stereocenters. The van der Waals surface area contributed by atoms with Crippen LogP contribution < -0.4 is 5.32 Å². The second-order valence-electron chi connectivity index (χ2n) is 5.76. The smallest absolute Gasteiger partial charge is 0.381 e. The van der Waals surface area contributed by atoms with E-state index in [1.807, 2.05) is 0 Å². The fraction of sp³-hybridized carbons (Fsp3) is 0.533. The number of nitrogens with zero attached hydrogens (tertiary/aromatic N) is 2. The summed E-state index contributed by atoms with van der Waals surface area (Å²) >= 11 is 0. The lowest BCUT2D eigenvalue weighted by Gasteiger charge is -2.32. The molecule has 0 aromatic heterocycles. The number of fused-ring (bicyclic) bond motifs is 2. The number of piperidine rings is 1. The largest absolute Gasteiger partial charge is 0.418 e. The van der Waals surface area contributed by atoms with Gasteiger partial charge >= 0.3 is 6.18 Å². The molecule has 2 bridgehead atoms. The van der Waals surface area contributed by atoms with E-state index >= 15 is 0 Å². The summed E-state index contributed by atoms with van der Waals surface area (Å²) in [7, 11) is 0. The van der Waals surface area contributed by atoms with Crippen LogP contribution in [0.4, 0.5) is 18.9 Å². The Morgan fingerprint density at radius 2 is 2.00 bits per heavy atom. The maximum Gasteiger partial charge on any atom is 0.418 e. The molecular formula is C15H16F3N3. The summed E-state index contributed by atoms with van der Waals surface area (Å²) in [6, 6.07) is 5.58. The summed E-state index contributed by atoms with van der Waals surface area (Å²) in [5, 5.41) is 11.9. The quantitative estimate of drug-likeness (QED) is 0.911. The van der Waals surface area contributed by atoms with Gasteiger partial charge in [0.25, 0.3) is 0 Å². The van der Waals surface area contributed by atoms with Gasteiger partial charge in [-0.2, -0.15) is 18.4 Å². The van der Waals surface area contributed by atoms with E-state index in [9.17, 15) is 13.2 Å². The molecule has 2 aliphatic heterocycles. The van der Waals surface area contributed by atoms with Gasteiger partial charge in [0.05, 0.1) is 17.2 Å². The fourth-order valence-electron chi connectivity index (χ4n) is 3.32. The number of nitriles is 1. The molecule has 0 spiro atoms. The third-order valence-corrected chi connectivity index (χ3v) is 4.43. The average Bonchev–Trinajstić information content (AvgIpc) is 2.84. The number of hydrogen-bond donors (Lipinski definition) is 1. The Bertz CT molecular complexity index is 577. The summed E-state index contributed by atoms with van der Waals surface area (Å²) in [6.07, 6.45) is -2.55. The van der Waals surface area contributed by atoms with Crippen LogP contribution in [0.1, 0.15) is 24.0 Å². The molecule has 3 atom stereocenters. The molecule has 6 heteroatoms. The highest BCUT2D eigenvalue weighted by atomic mass is 19.4. The Morgan fingerprint density at radius 3 is 2.71 bits per heavy atom. The van der Waals surface area contributed by atoms with E-state index in [1.54, 1.807) is 6.07 Å². The summed E-state index contributed by atoms with van der Waals surface area (Å²) in [5.41, 5.74) is -0.627. The summed E-state index contributed by atoms with van der Waals surface area (Å²) in [5.74, 6) is 0.412. The van der Waals surface area contributed by atoms with Gasteiger partial charge in [-0.25, -0.2) is 0 Å². The molecule has 2 aliphatic rings. The molecule has 0 saturated carbocycles. The molecule has 0 radical (unpaired) electrons. The molecule has 3 nitrogen and oxygen atoms in total. The van der Waals surface area contributed by atoms with Gasteiger partial charge in [-0.15, -0.1) is 0 Å². The van der Waals surface area contributed by atoms with Gasteiger partial charge in [0.1, 0.15) is 0 Å². The van der Waals surface area contributed by atoms with Gasteiger partial charge in [0.15, 0.2) is 0 Å². The standard InChI is InChI=1S/C15H16F3N3/c16-15(17,18)12-7-10(8-19)1-2-14(12)20-13-4-6-21-5-3-11(13)9-21/h1-2,7,11,13,20H,3-6,9H2. The van der Waals surface area contributed by atoms with E-state index in [0.717, 1.165) is 38.5 Å². The summed E-state index contributed by atoms with van der Waals surface area (Å²) < 4.78 is 39.4. The molecule has 3 rings (SSSR count). The number of halogens is 3. The Morgan fingerprint density at radius 1 is 1.24 bits per heavy atom. The molecule has 2 fully saturated rings. The van der Waals surface area contributed by atoms with E-state index in [2.05, 4.69) is 10.2 Å². The van der Waals surface area contributed by atoms with Gasteiger partial charge < -0.3 is 10.2 Å². The Balaban J connectivity index is 1.86. The predicted molar refractivity (Wildman–Crippen MR) is 72.7 cm³/mol. The van der Waals surface area contributed by atoms with Crippen LogP contribution in [0.2, 0.25) is 0 Å².